The Morgan fingerprint density at radius 2 is 1.77 bits per heavy atom. The Kier molecular flexibility index (Phi) is 7.67. The first-order valence-corrected chi connectivity index (χ1v) is 7.29. The number of carboxylic acid groups (broad SMARTS) is 1. The van der Waals surface area contributed by atoms with E-state index in [0.29, 0.717) is 6.42 Å². The molecule has 22 heavy (non-hydrogen) atoms. The summed E-state index contributed by atoms with van der Waals surface area (Å²) in [5.74, 6) is -1.20. The largest absolute Gasteiger partial charge is 0.481 e. The van der Waals surface area contributed by atoms with Crippen LogP contribution in [0.25, 0.3) is 0 Å². The van der Waals surface area contributed by atoms with E-state index in [2.05, 4.69) is 10.6 Å². The van der Waals surface area contributed by atoms with Crippen LogP contribution in [0.3, 0.4) is 0 Å². The van der Waals surface area contributed by atoms with E-state index in [1.54, 1.807) is 6.92 Å². The van der Waals surface area contributed by atoms with E-state index in [-0.39, 0.29) is 43.7 Å². The van der Waals surface area contributed by atoms with Crippen molar-refractivity contribution in [1.29, 1.82) is 0 Å². The molecule has 0 saturated carbocycles. The quantitative estimate of drug-likeness (QED) is 0.637. The van der Waals surface area contributed by atoms with Gasteiger partial charge in [-0.2, -0.15) is 0 Å². The predicted molar refractivity (Wildman–Crippen MR) is 82.2 cm³/mol. The number of hydrogen-bond donors (Lipinski definition) is 3. The van der Waals surface area contributed by atoms with Gasteiger partial charge in [0.05, 0.1) is 6.42 Å². The highest BCUT2D eigenvalue weighted by Gasteiger charge is 2.09. The van der Waals surface area contributed by atoms with E-state index in [4.69, 9.17) is 5.11 Å². The van der Waals surface area contributed by atoms with Crippen LogP contribution in [0.5, 0.6) is 0 Å². The van der Waals surface area contributed by atoms with Crippen molar-refractivity contribution in [2.45, 2.75) is 38.6 Å². The molecule has 1 atom stereocenters. The Labute approximate surface area is 129 Å². The summed E-state index contributed by atoms with van der Waals surface area (Å²) in [4.78, 5) is 33.7. The van der Waals surface area contributed by atoms with E-state index in [1.807, 2.05) is 30.3 Å². The normalized spacial score (nSPS) is 11.5. The first-order valence-electron chi connectivity index (χ1n) is 7.29. The Morgan fingerprint density at radius 1 is 1.09 bits per heavy atom. The first-order chi connectivity index (χ1) is 10.5. The predicted octanol–water partition coefficient (Wildman–Crippen LogP) is 1.10. The van der Waals surface area contributed by atoms with Gasteiger partial charge in [0.15, 0.2) is 0 Å². The van der Waals surface area contributed by atoms with Crippen molar-refractivity contribution >= 4 is 17.8 Å². The maximum atomic E-state index is 11.7. The molecule has 6 nitrogen and oxygen atoms in total. The van der Waals surface area contributed by atoms with Gasteiger partial charge in [-0.15, -0.1) is 0 Å². The van der Waals surface area contributed by atoms with Gasteiger partial charge in [-0.25, -0.2) is 0 Å². The molecular weight excluding hydrogens is 284 g/mol. The third kappa shape index (κ3) is 8.04. The molecule has 1 unspecified atom stereocenters. The summed E-state index contributed by atoms with van der Waals surface area (Å²) in [5.41, 5.74) is 0.923. The van der Waals surface area contributed by atoms with Crippen LogP contribution in [-0.2, 0) is 20.8 Å². The fourth-order valence-corrected chi connectivity index (χ4v) is 1.92. The minimum atomic E-state index is -0.880. The maximum Gasteiger partial charge on any atom is 0.303 e. The van der Waals surface area contributed by atoms with Gasteiger partial charge in [-0.05, 0) is 18.9 Å². The molecule has 0 fully saturated rings. The summed E-state index contributed by atoms with van der Waals surface area (Å²) in [6, 6.07) is 9.18. The minimum absolute atomic E-state index is 0.0231. The molecule has 1 rings (SSSR count). The van der Waals surface area contributed by atoms with E-state index in [0.717, 1.165) is 5.56 Å². The van der Waals surface area contributed by atoms with Gasteiger partial charge in [0, 0.05) is 25.4 Å². The van der Waals surface area contributed by atoms with Crippen molar-refractivity contribution in [2.24, 2.45) is 0 Å². The number of amides is 2. The van der Waals surface area contributed by atoms with E-state index >= 15 is 0 Å². The highest BCUT2D eigenvalue weighted by Crippen LogP contribution is 1.99. The molecule has 120 valence electrons. The van der Waals surface area contributed by atoms with Crippen molar-refractivity contribution in [1.82, 2.24) is 10.6 Å². The van der Waals surface area contributed by atoms with Gasteiger partial charge in [-0.3, -0.25) is 14.4 Å². The first kappa shape index (κ1) is 17.7. The number of hydrogen-bond acceptors (Lipinski definition) is 3. The molecule has 1 aromatic carbocycles. The maximum absolute atomic E-state index is 11.7. The van der Waals surface area contributed by atoms with Crippen molar-refractivity contribution in [2.75, 3.05) is 6.54 Å². The lowest BCUT2D eigenvalue weighted by molar-refractivity contribution is -0.137. The average Bonchev–Trinajstić information content (AvgIpc) is 2.46. The number of benzene rings is 1. The summed E-state index contributed by atoms with van der Waals surface area (Å²) in [6.45, 7) is 2.03. The Bertz CT molecular complexity index is 502. The van der Waals surface area contributed by atoms with Gasteiger partial charge < -0.3 is 15.7 Å². The molecule has 1 aromatic rings. The molecule has 2 amide bonds. The van der Waals surface area contributed by atoms with Crippen LogP contribution in [-0.4, -0.2) is 35.5 Å². The summed E-state index contributed by atoms with van der Waals surface area (Å²) < 4.78 is 0. The zero-order valence-electron chi connectivity index (χ0n) is 12.7. The third-order valence-electron chi connectivity index (χ3n) is 3.08. The van der Waals surface area contributed by atoms with Crippen LogP contribution in [0.15, 0.2) is 30.3 Å². The second-order valence-corrected chi connectivity index (χ2v) is 5.16. The molecule has 0 saturated heterocycles. The molecule has 0 aromatic heterocycles. The van der Waals surface area contributed by atoms with Crippen LogP contribution in [0.4, 0.5) is 0 Å². The molecule has 0 spiro atoms. The smallest absolute Gasteiger partial charge is 0.303 e. The monoisotopic (exact) mass is 306 g/mol. The zero-order valence-corrected chi connectivity index (χ0v) is 12.7. The highest BCUT2D eigenvalue weighted by molar-refractivity contribution is 5.80. The fourth-order valence-electron chi connectivity index (χ4n) is 1.92. The lowest BCUT2D eigenvalue weighted by Gasteiger charge is -2.13. The second kappa shape index (κ2) is 9.55. The van der Waals surface area contributed by atoms with Crippen molar-refractivity contribution in [3.05, 3.63) is 35.9 Å². The number of carboxylic acids is 1. The standard InChI is InChI=1S/C16H22N2O4/c1-12(7-8-16(21)22)18-14(19)9-10-17-15(20)11-13-5-3-2-4-6-13/h2-6,12H,7-11H2,1H3,(H,17,20)(H,18,19)(H,21,22). The van der Waals surface area contributed by atoms with Gasteiger partial charge in [0.1, 0.15) is 0 Å². The van der Waals surface area contributed by atoms with E-state index < -0.39 is 5.97 Å². The lowest BCUT2D eigenvalue weighted by atomic mass is 10.1. The van der Waals surface area contributed by atoms with E-state index in [9.17, 15) is 14.4 Å². The summed E-state index contributed by atoms with van der Waals surface area (Å²) in [5, 5.41) is 14.0. The fraction of sp³-hybridized carbons (Fsp3) is 0.438. The van der Waals surface area contributed by atoms with Crippen molar-refractivity contribution in [3.63, 3.8) is 0 Å². The van der Waals surface area contributed by atoms with Gasteiger partial charge >= 0.3 is 5.97 Å². The van der Waals surface area contributed by atoms with Gasteiger partial charge in [0.2, 0.25) is 11.8 Å². The molecule has 0 radical (unpaired) electrons. The zero-order chi connectivity index (χ0) is 16.4. The van der Waals surface area contributed by atoms with Crippen molar-refractivity contribution < 1.29 is 19.5 Å². The summed E-state index contributed by atoms with van der Waals surface area (Å²) in [7, 11) is 0. The van der Waals surface area contributed by atoms with Crippen LogP contribution in [0.1, 0.15) is 31.7 Å². The van der Waals surface area contributed by atoms with Gasteiger partial charge in [0.25, 0.3) is 0 Å². The van der Waals surface area contributed by atoms with E-state index in [1.165, 1.54) is 0 Å². The Balaban J connectivity index is 2.16. The molecule has 0 aliphatic heterocycles. The SMILES string of the molecule is CC(CCC(=O)O)NC(=O)CCNC(=O)Cc1ccccc1. The molecule has 0 aliphatic rings. The minimum Gasteiger partial charge on any atom is -0.481 e. The third-order valence-corrected chi connectivity index (χ3v) is 3.08. The topological polar surface area (TPSA) is 95.5 Å². The summed E-state index contributed by atoms with van der Waals surface area (Å²) in [6.07, 6.45) is 0.881. The lowest BCUT2D eigenvalue weighted by Crippen LogP contribution is -2.36. The molecule has 6 heteroatoms. The number of carbonyl (C=O) groups excluding carboxylic acids is 2. The van der Waals surface area contributed by atoms with Crippen molar-refractivity contribution in [3.8, 4) is 0 Å². The Hall–Kier alpha value is -2.37. The van der Waals surface area contributed by atoms with Crippen LogP contribution in [0, 0.1) is 0 Å². The Morgan fingerprint density at radius 3 is 2.41 bits per heavy atom. The number of carbonyl (C=O) groups is 3. The highest BCUT2D eigenvalue weighted by atomic mass is 16.4. The molecule has 0 aliphatic carbocycles. The van der Waals surface area contributed by atoms with Crippen LogP contribution < -0.4 is 10.6 Å². The van der Waals surface area contributed by atoms with Crippen LogP contribution >= 0.6 is 0 Å². The number of rotatable bonds is 9. The average molecular weight is 306 g/mol. The molecule has 3 N–H and O–H groups in total. The number of aliphatic carboxylic acids is 1. The molecule has 0 bridgehead atoms. The number of nitrogens with one attached hydrogen (secondary N) is 2. The second-order valence-electron chi connectivity index (χ2n) is 5.16. The molecular formula is C16H22N2O4. The summed E-state index contributed by atoms with van der Waals surface area (Å²) >= 11 is 0. The van der Waals surface area contributed by atoms with Crippen LogP contribution in [0.2, 0.25) is 0 Å². The van der Waals surface area contributed by atoms with Gasteiger partial charge in [-0.1, -0.05) is 30.3 Å². The molecule has 0 heterocycles.